The third-order valence-electron chi connectivity index (χ3n) is 2.76. The predicted molar refractivity (Wildman–Crippen MR) is 80.0 cm³/mol. The zero-order valence-corrected chi connectivity index (χ0v) is 11.6. The number of pyridine rings is 1. The molecule has 0 aliphatic heterocycles. The van der Waals surface area contributed by atoms with Crippen molar-refractivity contribution >= 4 is 18.4 Å². The molecule has 0 bridgehead atoms. The molecule has 0 atom stereocenters. The van der Waals surface area contributed by atoms with Crippen molar-refractivity contribution in [3.63, 3.8) is 0 Å². The van der Waals surface area contributed by atoms with Crippen LogP contribution in [0.4, 0.5) is 4.39 Å². The number of nitrogens with one attached hydrogen (secondary N) is 1. The van der Waals surface area contributed by atoms with E-state index < -0.39 is 0 Å². The van der Waals surface area contributed by atoms with Gasteiger partial charge in [-0.1, -0.05) is 24.3 Å². The van der Waals surface area contributed by atoms with Crippen molar-refractivity contribution in [3.05, 3.63) is 64.8 Å². The highest BCUT2D eigenvalue weighted by Gasteiger charge is 2.08. The molecule has 0 amide bonds. The first kappa shape index (κ1) is 13.3. The number of halogens is 1. The van der Waals surface area contributed by atoms with E-state index in [1.165, 1.54) is 17.0 Å². The van der Waals surface area contributed by atoms with Crippen LogP contribution in [0.2, 0.25) is 0 Å². The Morgan fingerprint density at radius 1 is 1.19 bits per heavy atom. The van der Waals surface area contributed by atoms with Gasteiger partial charge >= 0.3 is 0 Å². The molecule has 0 saturated carbocycles. The van der Waals surface area contributed by atoms with Crippen LogP contribution in [0.1, 0.15) is 5.56 Å². The molecule has 0 saturated heterocycles. The van der Waals surface area contributed by atoms with Crippen molar-refractivity contribution in [2.45, 2.75) is 0 Å². The Bertz CT molecular complexity index is 838. The Labute approximate surface area is 124 Å². The van der Waals surface area contributed by atoms with Gasteiger partial charge in [-0.25, -0.2) is 9.49 Å². The first-order valence-electron chi connectivity index (χ1n) is 6.13. The molecule has 1 N–H and O–H groups in total. The van der Waals surface area contributed by atoms with Crippen LogP contribution >= 0.6 is 12.2 Å². The van der Waals surface area contributed by atoms with E-state index in [4.69, 9.17) is 12.2 Å². The smallest absolute Gasteiger partial charge is 0.216 e. The molecule has 2 aromatic heterocycles. The Morgan fingerprint density at radius 2 is 2.00 bits per heavy atom. The molecule has 104 valence electrons. The summed E-state index contributed by atoms with van der Waals surface area (Å²) in [6.45, 7) is 0. The first-order chi connectivity index (χ1) is 10.3. The summed E-state index contributed by atoms with van der Waals surface area (Å²) in [5.41, 5.74) is 0.989. The number of hydrogen-bond acceptors (Lipinski definition) is 4. The third kappa shape index (κ3) is 2.77. The lowest BCUT2D eigenvalue weighted by atomic mass is 10.2. The Hall–Kier alpha value is -2.67. The molecule has 21 heavy (non-hydrogen) atoms. The average Bonchev–Trinajstić information content (AvgIpc) is 2.88. The number of aromatic nitrogens is 4. The maximum absolute atomic E-state index is 13.6. The maximum Gasteiger partial charge on any atom is 0.216 e. The minimum Gasteiger partial charge on any atom is -0.253 e. The molecule has 1 aromatic carbocycles. The first-order valence-corrected chi connectivity index (χ1v) is 6.54. The number of aromatic amines is 1. The van der Waals surface area contributed by atoms with Crippen LogP contribution in [-0.4, -0.2) is 26.1 Å². The number of rotatable bonds is 3. The van der Waals surface area contributed by atoms with Gasteiger partial charge in [-0.2, -0.15) is 14.9 Å². The summed E-state index contributed by atoms with van der Waals surface area (Å²) in [6.07, 6.45) is 3.05. The van der Waals surface area contributed by atoms with Crippen molar-refractivity contribution < 1.29 is 4.39 Å². The number of nitrogens with zero attached hydrogens (tertiary/aromatic N) is 4. The highest BCUT2D eigenvalue weighted by atomic mass is 32.1. The van der Waals surface area contributed by atoms with Crippen LogP contribution in [0.3, 0.4) is 0 Å². The zero-order chi connectivity index (χ0) is 14.7. The molecule has 2 heterocycles. The van der Waals surface area contributed by atoms with Gasteiger partial charge in [0.05, 0.1) is 6.21 Å². The van der Waals surface area contributed by atoms with E-state index >= 15 is 0 Å². The summed E-state index contributed by atoms with van der Waals surface area (Å²) in [6, 6.07) is 11.8. The molecule has 5 nitrogen and oxygen atoms in total. The number of hydrogen-bond donors (Lipinski definition) is 1. The molecule has 3 aromatic rings. The van der Waals surface area contributed by atoms with Gasteiger partial charge in [-0.3, -0.25) is 4.98 Å². The van der Waals surface area contributed by atoms with Gasteiger partial charge in [0.2, 0.25) is 10.6 Å². The molecule has 0 radical (unpaired) electrons. The van der Waals surface area contributed by atoms with E-state index in [9.17, 15) is 4.39 Å². The molecule has 3 rings (SSSR count). The van der Waals surface area contributed by atoms with Gasteiger partial charge in [0.1, 0.15) is 11.5 Å². The van der Waals surface area contributed by atoms with E-state index in [1.807, 2.05) is 6.07 Å². The summed E-state index contributed by atoms with van der Waals surface area (Å²) in [7, 11) is 0. The normalized spacial score (nSPS) is 11.1. The summed E-state index contributed by atoms with van der Waals surface area (Å²) >= 11 is 5.13. The molecule has 0 unspecified atom stereocenters. The summed E-state index contributed by atoms with van der Waals surface area (Å²) in [4.78, 5) is 4.20. The number of H-pyrrole nitrogens is 1. The van der Waals surface area contributed by atoms with Gasteiger partial charge in [0.15, 0.2) is 0 Å². The van der Waals surface area contributed by atoms with Gasteiger partial charge in [0.25, 0.3) is 0 Å². The largest absolute Gasteiger partial charge is 0.253 e. The number of benzene rings is 1. The monoisotopic (exact) mass is 299 g/mol. The van der Waals surface area contributed by atoms with Gasteiger partial charge in [-0.15, -0.1) is 0 Å². The SMILES string of the molecule is Fc1ccccc1/C=N\n1c(-c2ccccn2)n[nH]c1=S. The highest BCUT2D eigenvalue weighted by Crippen LogP contribution is 2.13. The lowest BCUT2D eigenvalue weighted by molar-refractivity contribution is 0.625. The summed E-state index contributed by atoms with van der Waals surface area (Å²) in [5, 5.41) is 10.9. The van der Waals surface area contributed by atoms with Crippen LogP contribution in [0, 0.1) is 10.6 Å². The summed E-state index contributed by atoms with van der Waals surface area (Å²) in [5.74, 6) is 0.115. The Kier molecular flexibility index (Phi) is 3.65. The minimum absolute atomic E-state index is 0.309. The van der Waals surface area contributed by atoms with E-state index in [0.717, 1.165) is 0 Å². The zero-order valence-electron chi connectivity index (χ0n) is 10.8. The molecular weight excluding hydrogens is 289 g/mol. The van der Waals surface area contributed by atoms with Crippen LogP contribution in [0.25, 0.3) is 11.5 Å². The summed E-state index contributed by atoms with van der Waals surface area (Å²) < 4.78 is 15.3. The van der Waals surface area contributed by atoms with E-state index in [1.54, 1.807) is 36.5 Å². The predicted octanol–water partition coefficient (Wildman–Crippen LogP) is 3.02. The fourth-order valence-corrected chi connectivity index (χ4v) is 1.94. The van der Waals surface area contributed by atoms with Crippen LogP contribution in [0.15, 0.2) is 53.8 Å². The van der Waals surface area contributed by atoms with Crippen LogP contribution in [0.5, 0.6) is 0 Å². The minimum atomic E-state index is -0.351. The third-order valence-corrected chi connectivity index (χ3v) is 3.03. The van der Waals surface area contributed by atoms with Crippen molar-refractivity contribution in [1.29, 1.82) is 0 Å². The Morgan fingerprint density at radius 3 is 2.76 bits per heavy atom. The van der Waals surface area contributed by atoms with E-state index in [2.05, 4.69) is 20.3 Å². The molecule has 0 spiro atoms. The molecule has 0 aliphatic rings. The van der Waals surface area contributed by atoms with Crippen molar-refractivity contribution in [2.24, 2.45) is 5.10 Å². The van der Waals surface area contributed by atoms with E-state index in [-0.39, 0.29) is 5.82 Å². The molecule has 0 aliphatic carbocycles. The van der Waals surface area contributed by atoms with Gasteiger partial charge < -0.3 is 0 Å². The second-order valence-electron chi connectivity index (χ2n) is 4.15. The van der Waals surface area contributed by atoms with E-state index in [0.29, 0.717) is 21.9 Å². The van der Waals surface area contributed by atoms with Crippen LogP contribution in [-0.2, 0) is 0 Å². The lowest BCUT2D eigenvalue weighted by Gasteiger charge is -2.00. The fourth-order valence-electron chi connectivity index (χ4n) is 1.76. The van der Waals surface area contributed by atoms with Crippen molar-refractivity contribution in [2.75, 3.05) is 0 Å². The second-order valence-corrected chi connectivity index (χ2v) is 4.53. The van der Waals surface area contributed by atoms with Crippen LogP contribution < -0.4 is 0 Å². The van der Waals surface area contributed by atoms with Crippen molar-refractivity contribution in [3.8, 4) is 11.5 Å². The quantitative estimate of drug-likeness (QED) is 0.597. The standard InChI is InChI=1S/C14H10FN5S/c15-11-6-2-1-5-10(11)9-17-20-13(18-19-14(20)21)12-7-3-4-8-16-12/h1-9H,(H,19,21)/b17-9-. The molecule has 0 fully saturated rings. The topological polar surface area (TPSA) is 58.9 Å². The molecular formula is C14H10FN5S. The highest BCUT2D eigenvalue weighted by molar-refractivity contribution is 7.71. The second kappa shape index (κ2) is 5.76. The maximum atomic E-state index is 13.6. The van der Waals surface area contributed by atoms with Gasteiger partial charge in [-0.05, 0) is 30.4 Å². The Balaban J connectivity index is 2.02. The molecule has 7 heteroatoms. The average molecular weight is 299 g/mol. The lowest BCUT2D eigenvalue weighted by Crippen LogP contribution is -1.97. The van der Waals surface area contributed by atoms with Gasteiger partial charge in [0, 0.05) is 11.8 Å². The fraction of sp³-hybridized carbons (Fsp3) is 0. The van der Waals surface area contributed by atoms with Crippen molar-refractivity contribution in [1.82, 2.24) is 19.9 Å².